The lowest BCUT2D eigenvalue weighted by atomic mass is 9.74. The minimum Gasteiger partial charge on any atom is -0.496 e. The summed E-state index contributed by atoms with van der Waals surface area (Å²) in [4.78, 5) is 0. The minimum atomic E-state index is 0.0661. The molecule has 0 aromatic heterocycles. The van der Waals surface area contributed by atoms with Crippen molar-refractivity contribution in [1.82, 2.24) is 0 Å². The van der Waals surface area contributed by atoms with Crippen molar-refractivity contribution >= 4 is 11.3 Å². The van der Waals surface area contributed by atoms with Crippen LogP contribution in [-0.2, 0) is 0 Å². The van der Waals surface area contributed by atoms with E-state index in [-0.39, 0.29) is 5.41 Å². The minimum absolute atomic E-state index is 0.0661. The number of rotatable bonds is 3. The molecule has 20 heavy (non-hydrogen) atoms. The quantitative estimate of drug-likeness (QED) is 0.658. The number of para-hydroxylation sites is 1. The van der Waals surface area contributed by atoms with Gasteiger partial charge in [0.2, 0.25) is 0 Å². The summed E-state index contributed by atoms with van der Waals surface area (Å²) < 4.78 is 5.39. The van der Waals surface area contributed by atoms with Crippen molar-refractivity contribution in [2.24, 2.45) is 10.6 Å². The Labute approximate surface area is 120 Å². The molecule has 106 valence electrons. The Balaban J connectivity index is 2.40. The molecule has 0 saturated heterocycles. The smallest absolute Gasteiger partial charge is 0.126 e. The number of hydrogen-bond acceptors (Lipinski definition) is 3. The Hall–Kier alpha value is -2.03. The summed E-state index contributed by atoms with van der Waals surface area (Å²) in [5.41, 5.74) is 3.77. The van der Waals surface area contributed by atoms with Crippen LogP contribution < -0.4 is 4.74 Å². The molecule has 0 radical (unpaired) electrons. The summed E-state index contributed by atoms with van der Waals surface area (Å²) in [6.07, 6.45) is 3.61. The highest BCUT2D eigenvalue weighted by Crippen LogP contribution is 2.40. The molecule has 1 N–H and O–H groups in total. The molecular formula is C17H21NO2. The van der Waals surface area contributed by atoms with Gasteiger partial charge in [-0.15, -0.1) is 0 Å². The predicted octanol–water partition coefficient (Wildman–Crippen LogP) is 4.29. The standard InChI is InChI=1S/C17H21NO2/c1-12(15-7-5-6-8-16(15)20-4)13-9-14(18-19)11-17(2,3)10-13/h5-9,19H,1,10-11H2,2-4H3/b18-14-. The van der Waals surface area contributed by atoms with Crippen LogP contribution in [0.4, 0.5) is 0 Å². The van der Waals surface area contributed by atoms with Gasteiger partial charge in [-0.25, -0.2) is 0 Å². The van der Waals surface area contributed by atoms with Gasteiger partial charge in [0.25, 0.3) is 0 Å². The maximum absolute atomic E-state index is 9.08. The SMILES string of the molecule is C=C(C1=C/C(=N/O)CC(C)(C)C1)c1ccccc1OC. The molecule has 3 heteroatoms. The zero-order valence-corrected chi connectivity index (χ0v) is 12.3. The van der Waals surface area contributed by atoms with Crippen LogP contribution in [0.3, 0.4) is 0 Å². The van der Waals surface area contributed by atoms with Gasteiger partial charge in [0.15, 0.2) is 0 Å². The molecule has 0 heterocycles. The fourth-order valence-corrected chi connectivity index (χ4v) is 2.70. The molecule has 0 spiro atoms. The van der Waals surface area contributed by atoms with Crippen LogP contribution in [0.25, 0.3) is 5.57 Å². The van der Waals surface area contributed by atoms with Gasteiger partial charge in [0, 0.05) is 5.56 Å². The molecule has 1 aromatic rings. The van der Waals surface area contributed by atoms with Gasteiger partial charge in [-0.2, -0.15) is 0 Å². The first-order chi connectivity index (χ1) is 9.46. The predicted molar refractivity (Wildman–Crippen MR) is 82.3 cm³/mol. The number of hydrogen-bond donors (Lipinski definition) is 1. The zero-order valence-electron chi connectivity index (χ0n) is 12.3. The van der Waals surface area contributed by atoms with E-state index in [4.69, 9.17) is 9.94 Å². The molecule has 0 unspecified atom stereocenters. The lowest BCUT2D eigenvalue weighted by Crippen LogP contribution is -2.22. The van der Waals surface area contributed by atoms with Crippen LogP contribution in [0.1, 0.15) is 32.3 Å². The second kappa shape index (κ2) is 5.53. The Kier molecular flexibility index (Phi) is 3.98. The van der Waals surface area contributed by atoms with Crippen molar-refractivity contribution < 1.29 is 9.94 Å². The maximum atomic E-state index is 9.08. The molecule has 1 aromatic carbocycles. The zero-order chi connectivity index (χ0) is 14.8. The van der Waals surface area contributed by atoms with Gasteiger partial charge >= 0.3 is 0 Å². The summed E-state index contributed by atoms with van der Waals surface area (Å²) in [5, 5.41) is 12.5. The van der Waals surface area contributed by atoms with Crippen molar-refractivity contribution in [3.05, 3.63) is 48.1 Å². The number of ether oxygens (including phenoxy) is 1. The van der Waals surface area contributed by atoms with E-state index in [1.807, 2.05) is 30.3 Å². The normalized spacial score (nSPS) is 19.6. The molecule has 0 saturated carbocycles. The first-order valence-corrected chi connectivity index (χ1v) is 6.71. The Morgan fingerprint density at radius 2 is 2.00 bits per heavy atom. The van der Waals surface area contributed by atoms with Gasteiger partial charge in [-0.3, -0.25) is 0 Å². The van der Waals surface area contributed by atoms with E-state index in [0.717, 1.165) is 35.3 Å². The number of benzene rings is 1. The monoisotopic (exact) mass is 271 g/mol. The average Bonchev–Trinajstić information content (AvgIpc) is 2.44. The highest BCUT2D eigenvalue weighted by atomic mass is 16.5. The Morgan fingerprint density at radius 1 is 1.30 bits per heavy atom. The van der Waals surface area contributed by atoms with E-state index in [2.05, 4.69) is 25.6 Å². The van der Waals surface area contributed by atoms with Gasteiger partial charge in [0.05, 0.1) is 12.8 Å². The van der Waals surface area contributed by atoms with Crippen LogP contribution in [0.15, 0.2) is 47.6 Å². The topological polar surface area (TPSA) is 41.8 Å². The van der Waals surface area contributed by atoms with E-state index in [0.29, 0.717) is 5.71 Å². The van der Waals surface area contributed by atoms with Gasteiger partial charge in [0.1, 0.15) is 5.75 Å². The van der Waals surface area contributed by atoms with E-state index in [9.17, 15) is 0 Å². The van der Waals surface area contributed by atoms with Crippen LogP contribution in [0.5, 0.6) is 5.75 Å². The molecule has 0 atom stereocenters. The van der Waals surface area contributed by atoms with Gasteiger partial charge in [-0.05, 0) is 41.5 Å². The second-order valence-corrected chi connectivity index (χ2v) is 5.96. The second-order valence-electron chi connectivity index (χ2n) is 5.96. The largest absolute Gasteiger partial charge is 0.496 e. The average molecular weight is 271 g/mol. The molecular weight excluding hydrogens is 250 g/mol. The molecule has 0 aliphatic heterocycles. The van der Waals surface area contributed by atoms with E-state index in [1.165, 1.54) is 0 Å². The van der Waals surface area contributed by atoms with Crippen LogP contribution in [0, 0.1) is 5.41 Å². The summed E-state index contributed by atoms with van der Waals surface area (Å²) in [6, 6.07) is 7.84. The van der Waals surface area contributed by atoms with Crippen molar-refractivity contribution in [3.63, 3.8) is 0 Å². The van der Waals surface area contributed by atoms with E-state index < -0.39 is 0 Å². The third-order valence-electron chi connectivity index (χ3n) is 3.62. The Bertz CT molecular complexity index is 582. The summed E-state index contributed by atoms with van der Waals surface area (Å²) in [6.45, 7) is 8.54. The number of allylic oxidation sites excluding steroid dienone is 3. The fraction of sp³-hybridized carbons (Fsp3) is 0.353. The molecule has 2 rings (SSSR count). The number of nitrogens with zero attached hydrogens (tertiary/aromatic N) is 1. The van der Waals surface area contributed by atoms with E-state index >= 15 is 0 Å². The van der Waals surface area contributed by atoms with E-state index in [1.54, 1.807) is 7.11 Å². The summed E-state index contributed by atoms with van der Waals surface area (Å²) in [7, 11) is 1.66. The molecule has 1 aliphatic rings. The maximum Gasteiger partial charge on any atom is 0.126 e. The first-order valence-electron chi connectivity index (χ1n) is 6.71. The lowest BCUT2D eigenvalue weighted by molar-refractivity contribution is 0.308. The van der Waals surface area contributed by atoms with Crippen LogP contribution in [0.2, 0.25) is 0 Å². The number of methoxy groups -OCH3 is 1. The summed E-state index contributed by atoms with van der Waals surface area (Å²) >= 11 is 0. The lowest BCUT2D eigenvalue weighted by Gasteiger charge is -2.31. The van der Waals surface area contributed by atoms with Gasteiger partial charge in [-0.1, -0.05) is 43.8 Å². The molecule has 0 fully saturated rings. The molecule has 1 aliphatic carbocycles. The highest BCUT2D eigenvalue weighted by Gasteiger charge is 2.28. The Morgan fingerprint density at radius 3 is 2.65 bits per heavy atom. The van der Waals surface area contributed by atoms with Crippen molar-refractivity contribution in [2.75, 3.05) is 7.11 Å². The fourth-order valence-electron chi connectivity index (χ4n) is 2.70. The molecule has 0 amide bonds. The third-order valence-corrected chi connectivity index (χ3v) is 3.62. The molecule has 0 bridgehead atoms. The highest BCUT2D eigenvalue weighted by molar-refractivity contribution is 6.00. The van der Waals surface area contributed by atoms with Gasteiger partial charge < -0.3 is 9.94 Å². The van der Waals surface area contributed by atoms with Crippen molar-refractivity contribution in [3.8, 4) is 5.75 Å². The number of oxime groups is 1. The van der Waals surface area contributed by atoms with Crippen molar-refractivity contribution in [1.29, 1.82) is 0 Å². The summed E-state index contributed by atoms with van der Waals surface area (Å²) in [5.74, 6) is 0.810. The van der Waals surface area contributed by atoms with Crippen molar-refractivity contribution in [2.45, 2.75) is 26.7 Å². The third kappa shape index (κ3) is 2.93. The first kappa shape index (κ1) is 14.4. The van der Waals surface area contributed by atoms with Crippen LogP contribution >= 0.6 is 0 Å². The molecule has 3 nitrogen and oxygen atoms in total. The van der Waals surface area contributed by atoms with Crippen LogP contribution in [-0.4, -0.2) is 18.0 Å².